The lowest BCUT2D eigenvalue weighted by atomic mass is 9.98. The summed E-state index contributed by atoms with van der Waals surface area (Å²) >= 11 is 0. The predicted octanol–water partition coefficient (Wildman–Crippen LogP) is 4.74. The molecule has 3 aromatic rings. The van der Waals surface area contributed by atoms with Gasteiger partial charge in [-0.25, -0.2) is 4.79 Å². The smallest absolute Gasteiger partial charge is 0.409 e. The molecule has 43 heavy (non-hydrogen) atoms. The lowest BCUT2D eigenvalue weighted by Gasteiger charge is -2.35. The van der Waals surface area contributed by atoms with Crippen LogP contribution in [-0.2, 0) is 14.3 Å². The van der Waals surface area contributed by atoms with Crippen LogP contribution in [0.5, 0.6) is 0 Å². The van der Waals surface area contributed by atoms with Gasteiger partial charge in [0.25, 0.3) is 11.6 Å². The summed E-state index contributed by atoms with van der Waals surface area (Å²) in [5, 5.41) is 14.0. The normalized spacial score (nSPS) is 14.5. The number of anilines is 1. The second kappa shape index (κ2) is 12.1. The standard InChI is InChI=1S/C32H34N4O7/c1-32(2,3)43-29(37)19-33-30(38)26-18-21(12-13-28(26)36(40)41)34-14-16-35(17-15-34)31(39)42-20-27-24-10-6-4-8-22(24)23-9-5-7-11-25(23)27/h4-13,18,27H,14-17,19-20H2,1-3H3,(H,33,38). The van der Waals surface area contributed by atoms with Crippen molar-refractivity contribution < 1.29 is 28.8 Å². The minimum atomic E-state index is -0.753. The highest BCUT2D eigenvalue weighted by molar-refractivity contribution is 6.00. The Kier molecular flexibility index (Phi) is 8.33. The third-order valence-electron chi connectivity index (χ3n) is 7.47. The second-order valence-electron chi connectivity index (χ2n) is 11.5. The fourth-order valence-electron chi connectivity index (χ4n) is 5.52. The van der Waals surface area contributed by atoms with E-state index in [0.717, 1.165) is 22.3 Å². The predicted molar refractivity (Wildman–Crippen MR) is 160 cm³/mol. The van der Waals surface area contributed by atoms with Crippen LogP contribution in [0.3, 0.4) is 0 Å². The number of piperazine rings is 1. The lowest BCUT2D eigenvalue weighted by molar-refractivity contribution is -0.385. The molecular weight excluding hydrogens is 552 g/mol. The molecule has 2 amide bonds. The maximum Gasteiger partial charge on any atom is 0.409 e. The molecule has 1 aliphatic heterocycles. The van der Waals surface area contributed by atoms with Gasteiger partial charge in [0.2, 0.25) is 0 Å². The lowest BCUT2D eigenvalue weighted by Crippen LogP contribution is -2.49. The molecule has 2 aliphatic rings. The van der Waals surface area contributed by atoms with Gasteiger partial charge in [-0.2, -0.15) is 0 Å². The van der Waals surface area contributed by atoms with E-state index in [9.17, 15) is 24.5 Å². The van der Waals surface area contributed by atoms with Crippen LogP contribution >= 0.6 is 0 Å². The quantitative estimate of drug-likeness (QED) is 0.239. The van der Waals surface area contributed by atoms with Gasteiger partial charge < -0.3 is 24.6 Å². The number of nitrogens with one attached hydrogen (secondary N) is 1. The number of esters is 1. The maximum absolute atomic E-state index is 13.0. The van der Waals surface area contributed by atoms with Crippen molar-refractivity contribution in [2.24, 2.45) is 0 Å². The number of hydrogen-bond donors (Lipinski definition) is 1. The largest absolute Gasteiger partial charge is 0.459 e. The molecule has 0 aromatic heterocycles. The average Bonchev–Trinajstić information content (AvgIpc) is 3.31. The van der Waals surface area contributed by atoms with Gasteiger partial charge in [-0.3, -0.25) is 19.7 Å². The number of carbonyl (C=O) groups excluding carboxylic acids is 3. The van der Waals surface area contributed by atoms with E-state index in [4.69, 9.17) is 9.47 Å². The third-order valence-corrected chi connectivity index (χ3v) is 7.47. The Hall–Kier alpha value is -4.93. The van der Waals surface area contributed by atoms with Crippen molar-refractivity contribution in [3.63, 3.8) is 0 Å². The summed E-state index contributed by atoms with van der Waals surface area (Å²) in [5.41, 5.74) is 3.95. The highest BCUT2D eigenvalue weighted by Crippen LogP contribution is 2.44. The van der Waals surface area contributed by atoms with Crippen LogP contribution in [0.15, 0.2) is 66.7 Å². The van der Waals surface area contributed by atoms with Crippen LogP contribution in [0, 0.1) is 10.1 Å². The molecule has 11 nitrogen and oxygen atoms in total. The molecular formula is C32H34N4O7. The molecule has 0 unspecified atom stereocenters. The van der Waals surface area contributed by atoms with E-state index in [1.807, 2.05) is 29.2 Å². The molecule has 0 saturated carbocycles. The number of benzene rings is 3. The number of amides is 2. The summed E-state index contributed by atoms with van der Waals surface area (Å²) in [7, 11) is 0. The van der Waals surface area contributed by atoms with E-state index >= 15 is 0 Å². The first-order valence-electron chi connectivity index (χ1n) is 14.1. The fraction of sp³-hybridized carbons (Fsp3) is 0.344. The summed E-state index contributed by atoms with van der Waals surface area (Å²) in [6, 6.07) is 20.6. The van der Waals surface area contributed by atoms with Gasteiger partial charge in [0.1, 0.15) is 24.3 Å². The van der Waals surface area contributed by atoms with E-state index in [0.29, 0.717) is 31.9 Å². The zero-order chi connectivity index (χ0) is 30.7. The monoisotopic (exact) mass is 586 g/mol. The van der Waals surface area contributed by atoms with Crippen LogP contribution in [-0.4, -0.2) is 72.7 Å². The summed E-state index contributed by atoms with van der Waals surface area (Å²) in [6.45, 7) is 6.58. The molecule has 0 bridgehead atoms. The SMILES string of the molecule is CC(C)(C)OC(=O)CNC(=O)c1cc(N2CCN(C(=O)OCC3c4ccccc4-c4ccccc43)CC2)ccc1[N+](=O)[O-]. The van der Waals surface area contributed by atoms with E-state index in [-0.39, 0.29) is 23.8 Å². The number of ether oxygens (including phenoxy) is 2. The van der Waals surface area contributed by atoms with Crippen LogP contribution in [0.25, 0.3) is 11.1 Å². The van der Waals surface area contributed by atoms with Crippen LogP contribution in [0.1, 0.15) is 48.2 Å². The van der Waals surface area contributed by atoms with Crippen molar-refractivity contribution >= 4 is 29.3 Å². The van der Waals surface area contributed by atoms with Gasteiger partial charge in [-0.05, 0) is 55.2 Å². The van der Waals surface area contributed by atoms with Crippen molar-refractivity contribution in [3.8, 4) is 11.1 Å². The highest BCUT2D eigenvalue weighted by atomic mass is 16.6. The molecule has 1 N–H and O–H groups in total. The van der Waals surface area contributed by atoms with Crippen molar-refractivity contribution in [1.82, 2.24) is 10.2 Å². The summed E-state index contributed by atoms with van der Waals surface area (Å²) in [4.78, 5) is 52.4. The molecule has 0 atom stereocenters. The number of hydrogen-bond acceptors (Lipinski definition) is 8. The first-order chi connectivity index (χ1) is 20.5. The van der Waals surface area contributed by atoms with Crippen molar-refractivity contribution in [2.75, 3.05) is 44.2 Å². The Morgan fingerprint density at radius 2 is 1.53 bits per heavy atom. The Morgan fingerprint density at radius 3 is 2.12 bits per heavy atom. The average molecular weight is 587 g/mol. The number of nitro groups is 1. The zero-order valence-electron chi connectivity index (χ0n) is 24.4. The van der Waals surface area contributed by atoms with Crippen LogP contribution in [0.4, 0.5) is 16.2 Å². The van der Waals surface area contributed by atoms with Gasteiger partial charge in [-0.1, -0.05) is 48.5 Å². The summed E-state index contributed by atoms with van der Waals surface area (Å²) < 4.78 is 11.0. The molecule has 1 aliphatic carbocycles. The molecule has 1 saturated heterocycles. The number of rotatable bonds is 7. The molecule has 5 rings (SSSR count). The first kappa shape index (κ1) is 29.6. The van der Waals surface area contributed by atoms with Crippen molar-refractivity contribution in [2.45, 2.75) is 32.3 Å². The van der Waals surface area contributed by atoms with Gasteiger partial charge in [0, 0.05) is 43.9 Å². The third kappa shape index (κ3) is 6.61. The summed E-state index contributed by atoms with van der Waals surface area (Å²) in [6.07, 6.45) is -0.396. The van der Waals surface area contributed by atoms with Gasteiger partial charge >= 0.3 is 12.1 Å². The number of fused-ring (bicyclic) bond motifs is 3. The molecule has 3 aromatic carbocycles. The molecule has 0 spiro atoms. The van der Waals surface area contributed by atoms with Crippen LogP contribution < -0.4 is 10.2 Å². The molecule has 1 fully saturated rings. The van der Waals surface area contributed by atoms with Gasteiger partial charge in [-0.15, -0.1) is 0 Å². The van der Waals surface area contributed by atoms with Gasteiger partial charge in [0.05, 0.1) is 4.92 Å². The fourth-order valence-corrected chi connectivity index (χ4v) is 5.52. The molecule has 224 valence electrons. The maximum atomic E-state index is 13.0. The molecule has 11 heteroatoms. The van der Waals surface area contributed by atoms with Crippen molar-refractivity contribution in [3.05, 3.63) is 93.5 Å². The molecule has 1 heterocycles. The van der Waals surface area contributed by atoms with E-state index in [1.54, 1.807) is 31.7 Å². The minimum absolute atomic E-state index is 0.0300. The number of carbonyl (C=O) groups is 3. The van der Waals surface area contributed by atoms with E-state index < -0.39 is 35.0 Å². The summed E-state index contributed by atoms with van der Waals surface area (Å²) in [5.74, 6) is -1.43. The highest BCUT2D eigenvalue weighted by Gasteiger charge is 2.31. The van der Waals surface area contributed by atoms with Crippen molar-refractivity contribution in [1.29, 1.82) is 0 Å². The Balaban J connectivity index is 1.19. The van der Waals surface area contributed by atoms with Crippen LogP contribution in [0.2, 0.25) is 0 Å². The Labute approximate surface area is 249 Å². The van der Waals surface area contributed by atoms with Gasteiger partial charge in [0.15, 0.2) is 0 Å². The van der Waals surface area contributed by atoms with E-state index in [2.05, 4.69) is 29.6 Å². The topological polar surface area (TPSA) is 131 Å². The Morgan fingerprint density at radius 1 is 0.930 bits per heavy atom. The zero-order valence-corrected chi connectivity index (χ0v) is 24.4. The first-order valence-corrected chi connectivity index (χ1v) is 14.1. The number of nitro benzene ring substituents is 1. The Bertz CT molecular complexity index is 1510. The van der Waals surface area contributed by atoms with E-state index in [1.165, 1.54) is 12.1 Å². The second-order valence-corrected chi connectivity index (χ2v) is 11.5. The minimum Gasteiger partial charge on any atom is -0.459 e. The number of nitrogens with zero attached hydrogens (tertiary/aromatic N) is 3. The molecule has 0 radical (unpaired) electrons.